The fourth-order valence-corrected chi connectivity index (χ4v) is 3.45. The fraction of sp³-hybridized carbons (Fsp3) is 0.500. The smallest absolute Gasteiger partial charge is 0.131 e. The highest BCUT2D eigenvalue weighted by Crippen LogP contribution is 2.37. The molecule has 0 spiro atoms. The van der Waals surface area contributed by atoms with Crippen molar-refractivity contribution in [2.45, 2.75) is 50.5 Å². The van der Waals surface area contributed by atoms with Gasteiger partial charge in [0.1, 0.15) is 11.0 Å². The maximum atomic E-state index is 6.00. The van der Waals surface area contributed by atoms with Gasteiger partial charge in [0.15, 0.2) is 0 Å². The fourth-order valence-electron chi connectivity index (χ4n) is 3.28. The number of hydrogen-bond acceptors (Lipinski definition) is 4. The predicted octanol–water partition coefficient (Wildman–Crippen LogP) is 3.61. The van der Waals surface area contributed by atoms with Crippen molar-refractivity contribution in [2.24, 2.45) is 0 Å². The van der Waals surface area contributed by atoms with Crippen LogP contribution in [0.15, 0.2) is 24.5 Å². The third-order valence-electron chi connectivity index (χ3n) is 4.73. The van der Waals surface area contributed by atoms with Gasteiger partial charge in [-0.2, -0.15) is 0 Å². The van der Waals surface area contributed by atoms with Crippen LogP contribution >= 0.6 is 11.6 Å². The number of nitrogens with one attached hydrogen (secondary N) is 1. The Hall–Kier alpha value is -1.52. The van der Waals surface area contributed by atoms with Crippen molar-refractivity contribution in [3.05, 3.63) is 52.3 Å². The second kappa shape index (κ2) is 6.54. The average molecular weight is 329 g/mol. The lowest BCUT2D eigenvalue weighted by molar-refractivity contribution is 0.457. The maximum Gasteiger partial charge on any atom is 0.131 e. The minimum absolute atomic E-state index is 0.384. The molecule has 0 amide bonds. The standard InChI is InChI=1S/C18H21ClN4/c19-17-7-6-14-15(2-1-3-16(14)23-17)20-9-8-12-10-21-18(22-11-12)13-4-5-13/h6-7,10-11,13,15,20H,1-5,8-9H2. The number of pyridine rings is 1. The normalized spacial score (nSPS) is 20.3. The molecule has 4 rings (SSSR count). The molecule has 1 unspecified atom stereocenters. The minimum Gasteiger partial charge on any atom is -0.310 e. The lowest BCUT2D eigenvalue weighted by Gasteiger charge is -2.25. The molecule has 1 atom stereocenters. The molecule has 2 aliphatic carbocycles. The first-order valence-electron chi connectivity index (χ1n) is 8.49. The van der Waals surface area contributed by atoms with Crippen LogP contribution in [0.1, 0.15) is 60.3 Å². The monoisotopic (exact) mass is 328 g/mol. The third-order valence-corrected chi connectivity index (χ3v) is 4.94. The van der Waals surface area contributed by atoms with E-state index in [-0.39, 0.29) is 0 Å². The van der Waals surface area contributed by atoms with E-state index in [4.69, 9.17) is 11.6 Å². The van der Waals surface area contributed by atoms with E-state index < -0.39 is 0 Å². The molecule has 1 saturated carbocycles. The van der Waals surface area contributed by atoms with Crippen molar-refractivity contribution >= 4 is 11.6 Å². The van der Waals surface area contributed by atoms with E-state index in [0.717, 1.165) is 43.7 Å². The lowest BCUT2D eigenvalue weighted by atomic mass is 9.91. The first kappa shape index (κ1) is 15.0. The van der Waals surface area contributed by atoms with Gasteiger partial charge in [0.2, 0.25) is 0 Å². The SMILES string of the molecule is Clc1ccc2c(n1)CCCC2NCCc1cnc(C2CC2)nc1. The van der Waals surface area contributed by atoms with Gasteiger partial charge >= 0.3 is 0 Å². The number of hydrogen-bond donors (Lipinski definition) is 1. The van der Waals surface area contributed by atoms with Gasteiger partial charge in [0.05, 0.1) is 0 Å². The van der Waals surface area contributed by atoms with Gasteiger partial charge in [0, 0.05) is 30.0 Å². The van der Waals surface area contributed by atoms with Gasteiger partial charge < -0.3 is 5.32 Å². The van der Waals surface area contributed by atoms with E-state index in [0.29, 0.717) is 17.1 Å². The maximum absolute atomic E-state index is 6.00. The Kier molecular flexibility index (Phi) is 4.27. The van der Waals surface area contributed by atoms with Crippen LogP contribution in [0.3, 0.4) is 0 Å². The van der Waals surface area contributed by atoms with Crippen molar-refractivity contribution in [3.63, 3.8) is 0 Å². The first-order chi connectivity index (χ1) is 11.3. The van der Waals surface area contributed by atoms with Gasteiger partial charge in [-0.25, -0.2) is 15.0 Å². The molecule has 2 aliphatic rings. The van der Waals surface area contributed by atoms with Crippen molar-refractivity contribution in [3.8, 4) is 0 Å². The van der Waals surface area contributed by atoms with E-state index in [9.17, 15) is 0 Å². The third kappa shape index (κ3) is 3.54. The minimum atomic E-state index is 0.384. The van der Waals surface area contributed by atoms with Crippen LogP contribution in [-0.2, 0) is 12.8 Å². The molecule has 0 aliphatic heterocycles. The zero-order valence-electron chi connectivity index (χ0n) is 13.1. The second-order valence-corrected chi connectivity index (χ2v) is 6.93. The molecule has 1 N–H and O–H groups in total. The Bertz CT molecular complexity index is 682. The molecule has 1 fully saturated rings. The molecule has 2 heterocycles. The molecule has 0 saturated heterocycles. The Balaban J connectivity index is 1.34. The highest BCUT2D eigenvalue weighted by Gasteiger charge is 2.26. The molecule has 0 aromatic carbocycles. The molecule has 23 heavy (non-hydrogen) atoms. The van der Waals surface area contributed by atoms with Crippen LogP contribution in [0.2, 0.25) is 5.15 Å². The van der Waals surface area contributed by atoms with Crippen LogP contribution in [-0.4, -0.2) is 21.5 Å². The largest absolute Gasteiger partial charge is 0.310 e. The number of aryl methyl sites for hydroxylation is 1. The van der Waals surface area contributed by atoms with E-state index in [1.165, 1.54) is 24.0 Å². The highest BCUT2D eigenvalue weighted by atomic mass is 35.5. The zero-order chi connectivity index (χ0) is 15.6. The van der Waals surface area contributed by atoms with Gasteiger partial charge in [-0.05, 0) is 62.3 Å². The van der Waals surface area contributed by atoms with E-state index in [1.54, 1.807) is 0 Å². The number of fused-ring (bicyclic) bond motifs is 1. The van der Waals surface area contributed by atoms with E-state index in [2.05, 4.69) is 26.3 Å². The Morgan fingerprint density at radius 2 is 1.96 bits per heavy atom. The van der Waals surface area contributed by atoms with E-state index >= 15 is 0 Å². The Labute approximate surface area is 141 Å². The van der Waals surface area contributed by atoms with Crippen molar-refractivity contribution in [1.29, 1.82) is 0 Å². The van der Waals surface area contributed by atoms with Crippen LogP contribution < -0.4 is 5.32 Å². The number of aromatic nitrogens is 3. The average Bonchev–Trinajstić information content (AvgIpc) is 3.40. The summed E-state index contributed by atoms with van der Waals surface area (Å²) in [5.41, 5.74) is 3.66. The topological polar surface area (TPSA) is 50.7 Å². The van der Waals surface area contributed by atoms with Gasteiger partial charge in [-0.15, -0.1) is 0 Å². The molecule has 4 nitrogen and oxygen atoms in total. The zero-order valence-corrected chi connectivity index (χ0v) is 13.9. The number of nitrogens with zero attached hydrogens (tertiary/aromatic N) is 3. The van der Waals surface area contributed by atoms with Gasteiger partial charge in [0.25, 0.3) is 0 Å². The quantitative estimate of drug-likeness (QED) is 0.852. The first-order valence-corrected chi connectivity index (χ1v) is 8.87. The molecule has 2 aromatic rings. The van der Waals surface area contributed by atoms with E-state index in [1.807, 2.05) is 18.5 Å². The van der Waals surface area contributed by atoms with Crippen LogP contribution in [0, 0.1) is 0 Å². The Morgan fingerprint density at radius 3 is 2.74 bits per heavy atom. The summed E-state index contributed by atoms with van der Waals surface area (Å²) in [4.78, 5) is 13.4. The molecular weight excluding hydrogens is 308 g/mol. The molecule has 0 bridgehead atoms. The molecular formula is C18H21ClN4. The summed E-state index contributed by atoms with van der Waals surface area (Å²) in [6.07, 6.45) is 10.8. The summed E-state index contributed by atoms with van der Waals surface area (Å²) in [5.74, 6) is 1.64. The van der Waals surface area contributed by atoms with Gasteiger partial charge in [-0.1, -0.05) is 17.7 Å². The number of rotatable bonds is 5. The summed E-state index contributed by atoms with van der Waals surface area (Å²) in [5, 5.41) is 4.25. The van der Waals surface area contributed by atoms with Crippen LogP contribution in [0.4, 0.5) is 0 Å². The van der Waals surface area contributed by atoms with Crippen molar-refractivity contribution in [1.82, 2.24) is 20.3 Å². The van der Waals surface area contributed by atoms with Crippen molar-refractivity contribution < 1.29 is 0 Å². The molecule has 0 radical (unpaired) electrons. The predicted molar refractivity (Wildman–Crippen MR) is 90.6 cm³/mol. The van der Waals surface area contributed by atoms with Gasteiger partial charge in [-0.3, -0.25) is 0 Å². The molecule has 5 heteroatoms. The summed E-state index contributed by atoms with van der Waals surface area (Å²) in [6, 6.07) is 4.40. The summed E-state index contributed by atoms with van der Waals surface area (Å²) in [6.45, 7) is 0.929. The van der Waals surface area contributed by atoms with Crippen molar-refractivity contribution in [2.75, 3.05) is 6.54 Å². The second-order valence-electron chi connectivity index (χ2n) is 6.54. The highest BCUT2D eigenvalue weighted by molar-refractivity contribution is 6.29. The van der Waals surface area contributed by atoms with Crippen LogP contribution in [0.25, 0.3) is 0 Å². The molecule has 120 valence electrons. The summed E-state index contributed by atoms with van der Waals surface area (Å²) >= 11 is 6.00. The number of halogens is 1. The summed E-state index contributed by atoms with van der Waals surface area (Å²) < 4.78 is 0. The lowest BCUT2D eigenvalue weighted by Crippen LogP contribution is -2.27. The Morgan fingerprint density at radius 1 is 1.13 bits per heavy atom. The summed E-state index contributed by atoms with van der Waals surface area (Å²) in [7, 11) is 0. The molecule has 2 aromatic heterocycles. The van der Waals surface area contributed by atoms with Crippen LogP contribution in [0.5, 0.6) is 0 Å².